The summed E-state index contributed by atoms with van der Waals surface area (Å²) in [5.74, 6) is -2.15. The van der Waals surface area contributed by atoms with Gasteiger partial charge in [0.2, 0.25) is 5.91 Å². The zero-order valence-corrected chi connectivity index (χ0v) is 22.5. The summed E-state index contributed by atoms with van der Waals surface area (Å²) in [7, 11) is 0. The molecule has 0 aliphatic heterocycles. The van der Waals surface area contributed by atoms with E-state index in [2.05, 4.69) is 20.3 Å². The van der Waals surface area contributed by atoms with Gasteiger partial charge in [-0.3, -0.25) is 9.78 Å². The number of amides is 1. The summed E-state index contributed by atoms with van der Waals surface area (Å²) in [6.07, 6.45) is -9.54. The molecule has 0 aliphatic rings. The summed E-state index contributed by atoms with van der Waals surface area (Å²) in [6, 6.07) is 7.34. The number of H-pyrrole nitrogens is 1. The number of hydrogen-bond acceptors (Lipinski definition) is 5. The maximum Gasteiger partial charge on any atom is 0.419 e. The molecular formula is C26H25ClF6N4O3. The quantitative estimate of drug-likeness (QED) is 0.296. The van der Waals surface area contributed by atoms with E-state index in [1.807, 2.05) is 0 Å². The van der Waals surface area contributed by atoms with Crippen LogP contribution < -0.4 is 15.7 Å². The van der Waals surface area contributed by atoms with Crippen LogP contribution >= 0.6 is 11.6 Å². The van der Waals surface area contributed by atoms with Crippen molar-refractivity contribution >= 4 is 17.5 Å². The number of nitrogens with zero attached hydrogens (tertiary/aromatic N) is 2. The van der Waals surface area contributed by atoms with Crippen molar-refractivity contribution in [2.24, 2.45) is 11.3 Å². The highest BCUT2D eigenvalue weighted by molar-refractivity contribution is 6.33. The van der Waals surface area contributed by atoms with Crippen molar-refractivity contribution in [1.82, 2.24) is 20.3 Å². The van der Waals surface area contributed by atoms with E-state index in [1.165, 1.54) is 24.3 Å². The predicted molar refractivity (Wildman–Crippen MR) is 136 cm³/mol. The highest BCUT2D eigenvalue weighted by Gasteiger charge is 2.52. The van der Waals surface area contributed by atoms with Crippen molar-refractivity contribution in [2.75, 3.05) is 6.61 Å². The van der Waals surface area contributed by atoms with Gasteiger partial charge in [0, 0.05) is 17.7 Å². The Hall–Kier alpha value is -3.61. The lowest BCUT2D eigenvalue weighted by Gasteiger charge is -2.26. The van der Waals surface area contributed by atoms with Crippen LogP contribution in [-0.2, 0) is 17.5 Å². The first-order chi connectivity index (χ1) is 18.4. The van der Waals surface area contributed by atoms with Gasteiger partial charge in [0.1, 0.15) is 17.0 Å². The van der Waals surface area contributed by atoms with Crippen LogP contribution in [0, 0.1) is 11.3 Å². The van der Waals surface area contributed by atoms with Crippen LogP contribution in [0.1, 0.15) is 38.8 Å². The van der Waals surface area contributed by atoms with Crippen LogP contribution in [0.5, 0.6) is 5.75 Å². The van der Waals surface area contributed by atoms with Crippen LogP contribution in [0.25, 0.3) is 22.8 Å². The minimum absolute atomic E-state index is 0.0238. The van der Waals surface area contributed by atoms with Gasteiger partial charge < -0.3 is 10.1 Å². The number of alkyl halides is 6. The minimum Gasteiger partial charge on any atom is -0.493 e. The van der Waals surface area contributed by atoms with E-state index in [0.717, 1.165) is 26.0 Å². The van der Waals surface area contributed by atoms with E-state index < -0.39 is 34.9 Å². The Labute approximate surface area is 230 Å². The summed E-state index contributed by atoms with van der Waals surface area (Å²) in [5, 5.41) is 2.28. The first kappa shape index (κ1) is 30.9. The van der Waals surface area contributed by atoms with Gasteiger partial charge in [0.25, 0.3) is 0 Å². The molecule has 40 heavy (non-hydrogen) atoms. The number of halogens is 7. The number of aromatic amines is 1. The number of ether oxygens (including phenoxy) is 1. The topological polar surface area (TPSA) is 97.0 Å². The maximum atomic E-state index is 13.8. The van der Waals surface area contributed by atoms with Crippen molar-refractivity contribution in [1.29, 1.82) is 0 Å². The SMILES string of the molecule is CC(C)COc1ccc(-c2nc(-c3cc(CNC(=O)C(C)(C)C(F)(F)F)ccc3Cl)[nH]c(=O)n2)cc1C(F)(F)F. The van der Waals surface area contributed by atoms with Crippen molar-refractivity contribution in [3.63, 3.8) is 0 Å². The fourth-order valence-corrected chi connectivity index (χ4v) is 3.52. The Morgan fingerprint density at radius 2 is 1.73 bits per heavy atom. The molecule has 1 aromatic heterocycles. The first-order valence-electron chi connectivity index (χ1n) is 11.9. The molecule has 0 unspecified atom stereocenters. The lowest BCUT2D eigenvalue weighted by molar-refractivity contribution is -0.211. The van der Waals surface area contributed by atoms with E-state index in [1.54, 1.807) is 13.8 Å². The molecule has 2 aromatic carbocycles. The second kappa shape index (κ2) is 11.5. The van der Waals surface area contributed by atoms with Gasteiger partial charge in [-0.1, -0.05) is 31.5 Å². The second-order valence-corrected chi connectivity index (χ2v) is 10.3. The number of carbonyl (C=O) groups excluding carboxylic acids is 1. The smallest absolute Gasteiger partial charge is 0.419 e. The molecule has 7 nitrogen and oxygen atoms in total. The van der Waals surface area contributed by atoms with Crippen molar-refractivity contribution < 1.29 is 35.9 Å². The van der Waals surface area contributed by atoms with Crippen molar-refractivity contribution in [3.8, 4) is 28.5 Å². The minimum atomic E-state index is -4.77. The summed E-state index contributed by atoms with van der Waals surface area (Å²) < 4.78 is 86.0. The molecule has 0 spiro atoms. The Bertz CT molecular complexity index is 1450. The van der Waals surface area contributed by atoms with Crippen LogP contribution in [0.3, 0.4) is 0 Å². The molecule has 1 heterocycles. The maximum absolute atomic E-state index is 13.8. The van der Waals surface area contributed by atoms with Gasteiger partial charge in [-0.05, 0) is 55.7 Å². The molecular weight excluding hydrogens is 566 g/mol. The lowest BCUT2D eigenvalue weighted by atomic mass is 9.91. The second-order valence-electron chi connectivity index (χ2n) is 9.86. The van der Waals surface area contributed by atoms with E-state index in [4.69, 9.17) is 16.3 Å². The fraction of sp³-hybridized carbons (Fsp3) is 0.385. The van der Waals surface area contributed by atoms with Crippen LogP contribution in [0.15, 0.2) is 41.2 Å². The number of hydrogen-bond donors (Lipinski definition) is 2. The van der Waals surface area contributed by atoms with Gasteiger partial charge in [-0.2, -0.15) is 31.3 Å². The number of aromatic nitrogens is 3. The molecule has 0 bridgehead atoms. The zero-order chi connectivity index (χ0) is 30.0. The van der Waals surface area contributed by atoms with Crippen molar-refractivity contribution in [2.45, 2.75) is 46.6 Å². The molecule has 14 heteroatoms. The Morgan fingerprint density at radius 3 is 2.33 bits per heavy atom. The molecule has 0 radical (unpaired) electrons. The first-order valence-corrected chi connectivity index (χ1v) is 12.2. The Kier molecular flexibility index (Phi) is 8.87. The van der Waals surface area contributed by atoms with Gasteiger partial charge in [-0.15, -0.1) is 0 Å². The monoisotopic (exact) mass is 590 g/mol. The third-order valence-electron chi connectivity index (χ3n) is 5.78. The Morgan fingerprint density at radius 1 is 1.05 bits per heavy atom. The molecule has 1 amide bonds. The highest BCUT2D eigenvalue weighted by Crippen LogP contribution is 2.39. The summed E-state index contributed by atoms with van der Waals surface area (Å²) in [6.45, 7) is 4.80. The molecule has 3 aromatic rings. The highest BCUT2D eigenvalue weighted by atomic mass is 35.5. The summed E-state index contributed by atoms with van der Waals surface area (Å²) in [5.41, 5.74) is -4.34. The Balaban J connectivity index is 1.97. The largest absolute Gasteiger partial charge is 0.493 e. The van der Waals surface area contributed by atoms with Crippen LogP contribution in [0.4, 0.5) is 26.3 Å². The van der Waals surface area contributed by atoms with Gasteiger partial charge in [0.05, 0.1) is 17.2 Å². The van der Waals surface area contributed by atoms with Crippen molar-refractivity contribution in [3.05, 3.63) is 63.0 Å². The number of nitrogens with one attached hydrogen (secondary N) is 2. The third kappa shape index (κ3) is 7.12. The molecule has 0 saturated heterocycles. The average Bonchev–Trinajstić information content (AvgIpc) is 2.85. The predicted octanol–water partition coefficient (Wildman–Crippen LogP) is 6.41. The van der Waals surface area contributed by atoms with Gasteiger partial charge in [0.15, 0.2) is 5.82 Å². The van der Waals surface area contributed by atoms with Gasteiger partial charge >= 0.3 is 18.0 Å². The lowest BCUT2D eigenvalue weighted by Crippen LogP contribution is -2.46. The summed E-state index contributed by atoms with van der Waals surface area (Å²) in [4.78, 5) is 34.7. The molecule has 0 atom stereocenters. The summed E-state index contributed by atoms with van der Waals surface area (Å²) >= 11 is 6.26. The van der Waals surface area contributed by atoms with Crippen LogP contribution in [-0.4, -0.2) is 33.6 Å². The van der Waals surface area contributed by atoms with Crippen LogP contribution in [0.2, 0.25) is 5.02 Å². The van der Waals surface area contributed by atoms with E-state index in [-0.39, 0.29) is 52.6 Å². The zero-order valence-electron chi connectivity index (χ0n) is 21.7. The van der Waals surface area contributed by atoms with E-state index in [9.17, 15) is 35.9 Å². The molecule has 216 valence electrons. The average molecular weight is 591 g/mol. The molecule has 0 saturated carbocycles. The standard InChI is InChI=1S/C26H25ClF6N4O3/c1-13(2)12-40-19-8-6-15(10-17(19)25(28,29)30)20-35-21(37-23(39)36-20)16-9-14(5-7-18(16)27)11-34-22(38)24(3,4)26(31,32)33/h5-10,13H,11-12H2,1-4H3,(H,34,38)(H,35,36,37,39). The van der Waals surface area contributed by atoms with Gasteiger partial charge in [-0.25, -0.2) is 9.78 Å². The fourth-order valence-electron chi connectivity index (χ4n) is 3.31. The number of carbonyl (C=O) groups is 1. The molecule has 2 N–H and O–H groups in total. The third-order valence-corrected chi connectivity index (χ3v) is 6.11. The molecule has 3 rings (SSSR count). The van der Waals surface area contributed by atoms with E-state index >= 15 is 0 Å². The number of rotatable bonds is 8. The molecule has 0 fully saturated rings. The normalized spacial score (nSPS) is 12.5. The molecule has 0 aliphatic carbocycles. The van der Waals surface area contributed by atoms with E-state index in [0.29, 0.717) is 5.56 Å². The number of benzene rings is 2.